The molecule has 8 heteroatoms. The van der Waals surface area contributed by atoms with Gasteiger partial charge >= 0.3 is 0 Å². The fraction of sp³-hybridized carbons (Fsp3) is 0.240. The minimum atomic E-state index is -0.219. The summed E-state index contributed by atoms with van der Waals surface area (Å²) < 4.78 is 5.36. The molecule has 0 saturated carbocycles. The molecule has 0 aliphatic heterocycles. The number of carbonyl (C=O) groups excluding carboxylic acids is 1. The van der Waals surface area contributed by atoms with Crippen molar-refractivity contribution < 1.29 is 9.21 Å². The number of unbranched alkanes of at least 4 members (excludes halogenated alkanes) is 1. The number of benzene rings is 2. The van der Waals surface area contributed by atoms with Gasteiger partial charge in [0, 0.05) is 23.1 Å². The monoisotopic (exact) mass is 466 g/mol. The summed E-state index contributed by atoms with van der Waals surface area (Å²) in [5, 5.41) is 11.1. The number of nitrogens with one attached hydrogen (secondary N) is 2. The molecule has 0 unspecified atom stereocenters. The van der Waals surface area contributed by atoms with Gasteiger partial charge in [-0.15, -0.1) is 12.4 Å². The van der Waals surface area contributed by atoms with E-state index in [0.29, 0.717) is 23.2 Å². The highest BCUT2D eigenvalue weighted by atomic mass is 35.5. The third-order valence-corrected chi connectivity index (χ3v) is 5.32. The normalized spacial score (nSPS) is 10.8. The van der Waals surface area contributed by atoms with Crippen LogP contribution in [-0.4, -0.2) is 34.6 Å². The van der Waals surface area contributed by atoms with Crippen molar-refractivity contribution in [2.24, 2.45) is 0 Å². The second-order valence-electron chi connectivity index (χ2n) is 7.85. The van der Waals surface area contributed by atoms with E-state index in [1.54, 1.807) is 12.3 Å². The SMILES string of the molecule is CN(CCCCC(=O)Nc1cccc(-c2n[nH]c(=O)c3ccccc23)c1)Cc1ccco1.Cl. The number of H-pyrrole nitrogens is 1. The van der Waals surface area contributed by atoms with Gasteiger partial charge < -0.3 is 9.73 Å². The number of carbonyl (C=O) groups is 1. The predicted molar refractivity (Wildman–Crippen MR) is 133 cm³/mol. The van der Waals surface area contributed by atoms with Crippen molar-refractivity contribution >= 4 is 34.8 Å². The quantitative estimate of drug-likeness (QED) is 0.344. The zero-order chi connectivity index (χ0) is 22.3. The maximum absolute atomic E-state index is 12.4. The number of rotatable bonds is 9. The molecule has 2 N–H and O–H groups in total. The van der Waals surface area contributed by atoms with Crippen LogP contribution in [0.25, 0.3) is 22.0 Å². The smallest absolute Gasteiger partial charge is 0.272 e. The fourth-order valence-corrected chi connectivity index (χ4v) is 3.72. The van der Waals surface area contributed by atoms with Crippen LogP contribution in [0.15, 0.2) is 76.1 Å². The lowest BCUT2D eigenvalue weighted by molar-refractivity contribution is -0.116. The van der Waals surface area contributed by atoms with Crippen molar-refractivity contribution in [1.29, 1.82) is 0 Å². The Kier molecular flexibility index (Phi) is 8.40. The number of fused-ring (bicyclic) bond motifs is 1. The van der Waals surface area contributed by atoms with Gasteiger partial charge in [0.05, 0.1) is 23.9 Å². The number of hydrogen-bond donors (Lipinski definition) is 2. The lowest BCUT2D eigenvalue weighted by Gasteiger charge is -2.14. The summed E-state index contributed by atoms with van der Waals surface area (Å²) in [7, 11) is 2.04. The van der Waals surface area contributed by atoms with Crippen molar-refractivity contribution in [2.45, 2.75) is 25.8 Å². The van der Waals surface area contributed by atoms with Crippen LogP contribution in [0.3, 0.4) is 0 Å². The third kappa shape index (κ3) is 6.31. The third-order valence-electron chi connectivity index (χ3n) is 5.32. The van der Waals surface area contributed by atoms with Gasteiger partial charge in [-0.25, -0.2) is 5.10 Å². The van der Waals surface area contributed by atoms with Gasteiger partial charge in [0.25, 0.3) is 5.56 Å². The fourth-order valence-electron chi connectivity index (χ4n) is 3.72. The molecule has 0 saturated heterocycles. The number of furan rings is 1. The van der Waals surface area contributed by atoms with Gasteiger partial charge in [-0.05, 0) is 56.8 Å². The summed E-state index contributed by atoms with van der Waals surface area (Å²) in [4.78, 5) is 26.6. The zero-order valence-corrected chi connectivity index (χ0v) is 19.2. The number of nitrogens with zero attached hydrogens (tertiary/aromatic N) is 2. The van der Waals surface area contributed by atoms with Crippen molar-refractivity contribution in [3.8, 4) is 11.3 Å². The number of aromatic amines is 1. The van der Waals surface area contributed by atoms with Gasteiger partial charge in [0.2, 0.25) is 5.91 Å². The highest BCUT2D eigenvalue weighted by molar-refractivity contribution is 5.95. The second kappa shape index (κ2) is 11.4. The molecule has 0 atom stereocenters. The van der Waals surface area contributed by atoms with E-state index in [1.807, 2.05) is 61.6 Å². The van der Waals surface area contributed by atoms with Crippen LogP contribution in [0.1, 0.15) is 25.0 Å². The van der Waals surface area contributed by atoms with Crippen molar-refractivity contribution in [2.75, 3.05) is 18.9 Å². The summed E-state index contributed by atoms with van der Waals surface area (Å²) in [6.07, 6.45) is 3.87. The molecule has 7 nitrogen and oxygen atoms in total. The number of anilines is 1. The molecular formula is C25H27ClN4O3. The molecule has 172 valence electrons. The van der Waals surface area contributed by atoms with E-state index in [2.05, 4.69) is 20.4 Å². The van der Waals surface area contributed by atoms with Gasteiger partial charge in [0.1, 0.15) is 5.76 Å². The standard InChI is InChI=1S/C25H26N4O3.ClH/c1-29(17-20-10-7-15-32-20)14-5-4-13-23(30)26-19-9-6-8-18(16-19)24-21-11-2-3-12-22(21)25(31)28-27-24;/h2-3,6-12,15-16H,4-5,13-14,17H2,1H3,(H,26,30)(H,28,31);1H. The van der Waals surface area contributed by atoms with E-state index >= 15 is 0 Å². The molecule has 0 radical (unpaired) electrons. The number of hydrogen-bond acceptors (Lipinski definition) is 5. The Morgan fingerprint density at radius 3 is 2.67 bits per heavy atom. The molecule has 0 fully saturated rings. The van der Waals surface area contributed by atoms with E-state index in [0.717, 1.165) is 42.6 Å². The minimum absolute atomic E-state index is 0. The molecule has 33 heavy (non-hydrogen) atoms. The minimum Gasteiger partial charge on any atom is -0.468 e. The Bertz CT molecular complexity index is 1250. The van der Waals surface area contributed by atoms with Crippen LogP contribution in [0.2, 0.25) is 0 Å². The van der Waals surface area contributed by atoms with Crippen molar-refractivity contribution in [3.63, 3.8) is 0 Å². The molecule has 1 amide bonds. The van der Waals surface area contributed by atoms with E-state index in [9.17, 15) is 9.59 Å². The average Bonchev–Trinajstić information content (AvgIpc) is 3.30. The van der Waals surface area contributed by atoms with Crippen LogP contribution in [0, 0.1) is 0 Å². The highest BCUT2D eigenvalue weighted by Gasteiger charge is 2.10. The first-order chi connectivity index (χ1) is 15.6. The highest BCUT2D eigenvalue weighted by Crippen LogP contribution is 2.26. The summed E-state index contributed by atoms with van der Waals surface area (Å²) in [5.41, 5.74) is 1.99. The lowest BCUT2D eigenvalue weighted by Crippen LogP contribution is -2.19. The molecule has 0 spiro atoms. The summed E-state index contributed by atoms with van der Waals surface area (Å²) in [5.74, 6) is 0.921. The summed E-state index contributed by atoms with van der Waals surface area (Å²) >= 11 is 0. The van der Waals surface area contributed by atoms with Crippen LogP contribution in [0.5, 0.6) is 0 Å². The first-order valence-corrected chi connectivity index (χ1v) is 10.7. The average molecular weight is 467 g/mol. The van der Waals surface area contributed by atoms with Crippen LogP contribution in [-0.2, 0) is 11.3 Å². The largest absolute Gasteiger partial charge is 0.468 e. The first kappa shape index (κ1) is 24.2. The number of halogens is 1. The number of aromatic nitrogens is 2. The maximum atomic E-state index is 12.4. The Morgan fingerprint density at radius 2 is 1.88 bits per heavy atom. The van der Waals surface area contributed by atoms with Crippen LogP contribution >= 0.6 is 12.4 Å². The molecule has 4 rings (SSSR count). The zero-order valence-electron chi connectivity index (χ0n) is 18.4. The van der Waals surface area contributed by atoms with E-state index in [-0.39, 0.29) is 23.9 Å². The summed E-state index contributed by atoms with van der Waals surface area (Å²) in [6, 6.07) is 18.7. The second-order valence-corrected chi connectivity index (χ2v) is 7.85. The molecule has 0 aliphatic carbocycles. The van der Waals surface area contributed by atoms with E-state index in [4.69, 9.17) is 4.42 Å². The van der Waals surface area contributed by atoms with Crippen LogP contribution in [0.4, 0.5) is 5.69 Å². The topological polar surface area (TPSA) is 91.2 Å². The predicted octanol–water partition coefficient (Wildman–Crippen LogP) is 4.85. The Balaban J connectivity index is 0.00000306. The molecular weight excluding hydrogens is 440 g/mol. The lowest BCUT2D eigenvalue weighted by atomic mass is 10.0. The molecule has 2 aromatic carbocycles. The molecule has 0 bridgehead atoms. The van der Waals surface area contributed by atoms with Crippen molar-refractivity contribution in [1.82, 2.24) is 15.1 Å². The first-order valence-electron chi connectivity index (χ1n) is 10.7. The molecule has 2 heterocycles. The molecule has 4 aromatic rings. The molecule has 0 aliphatic rings. The summed E-state index contributed by atoms with van der Waals surface area (Å²) in [6.45, 7) is 1.66. The van der Waals surface area contributed by atoms with E-state index < -0.39 is 0 Å². The van der Waals surface area contributed by atoms with Crippen LogP contribution < -0.4 is 10.9 Å². The Morgan fingerprint density at radius 1 is 1.06 bits per heavy atom. The van der Waals surface area contributed by atoms with Gasteiger partial charge in [0.15, 0.2) is 0 Å². The van der Waals surface area contributed by atoms with E-state index in [1.165, 1.54) is 0 Å². The Labute approximate surface area is 198 Å². The van der Waals surface area contributed by atoms with Gasteiger partial charge in [-0.2, -0.15) is 5.10 Å². The Hall–Kier alpha value is -3.42. The van der Waals surface area contributed by atoms with Crippen molar-refractivity contribution in [3.05, 3.63) is 83.0 Å². The number of amides is 1. The van der Waals surface area contributed by atoms with Gasteiger partial charge in [-0.1, -0.05) is 30.3 Å². The van der Waals surface area contributed by atoms with Gasteiger partial charge in [-0.3, -0.25) is 14.5 Å². The maximum Gasteiger partial charge on any atom is 0.272 e. The molecule has 2 aromatic heterocycles.